The van der Waals surface area contributed by atoms with Gasteiger partial charge in [0.1, 0.15) is 0 Å². The van der Waals surface area contributed by atoms with Gasteiger partial charge in [-0.25, -0.2) is 0 Å². The Morgan fingerprint density at radius 3 is 2.26 bits per heavy atom. The number of amides is 1. The van der Waals surface area contributed by atoms with E-state index in [0.29, 0.717) is 24.2 Å². The topological polar surface area (TPSA) is 58.4 Å². The minimum Gasteiger partial charge on any atom is -0.399 e. The molecule has 0 bridgehead atoms. The molecule has 4 heteroatoms. The van der Waals surface area contributed by atoms with Crippen LogP contribution in [0, 0.1) is 5.92 Å². The Morgan fingerprint density at radius 2 is 1.79 bits per heavy atom. The third kappa shape index (κ3) is 5.75. The number of nitrogen functional groups attached to an aromatic ring is 1. The molecule has 0 aliphatic rings. The fraction of sp³-hybridized carbons (Fsp3) is 0.533. The molecule has 106 valence electrons. The van der Waals surface area contributed by atoms with E-state index in [0.717, 1.165) is 12.2 Å². The lowest BCUT2D eigenvalue weighted by molar-refractivity contribution is -0.117. The van der Waals surface area contributed by atoms with Gasteiger partial charge in [-0.3, -0.25) is 9.69 Å². The fourth-order valence-corrected chi connectivity index (χ4v) is 1.88. The van der Waals surface area contributed by atoms with Crippen molar-refractivity contribution in [2.24, 2.45) is 5.92 Å². The summed E-state index contributed by atoms with van der Waals surface area (Å²) in [7, 11) is 0. The maximum absolute atomic E-state index is 12.0. The van der Waals surface area contributed by atoms with Crippen LogP contribution in [0.25, 0.3) is 0 Å². The van der Waals surface area contributed by atoms with Gasteiger partial charge in [0.05, 0.1) is 6.54 Å². The van der Waals surface area contributed by atoms with Crippen molar-refractivity contribution < 1.29 is 4.79 Å². The number of nitrogens with one attached hydrogen (secondary N) is 1. The molecule has 0 heterocycles. The van der Waals surface area contributed by atoms with Gasteiger partial charge >= 0.3 is 0 Å². The molecule has 0 aliphatic carbocycles. The van der Waals surface area contributed by atoms with Crippen molar-refractivity contribution in [3.05, 3.63) is 24.3 Å². The molecular formula is C15H25N3O. The highest BCUT2D eigenvalue weighted by Crippen LogP contribution is 2.11. The highest BCUT2D eigenvalue weighted by atomic mass is 16.2. The summed E-state index contributed by atoms with van der Waals surface area (Å²) >= 11 is 0. The molecule has 0 saturated carbocycles. The zero-order valence-corrected chi connectivity index (χ0v) is 12.3. The second-order valence-electron chi connectivity index (χ2n) is 5.59. The maximum Gasteiger partial charge on any atom is 0.238 e. The van der Waals surface area contributed by atoms with Gasteiger partial charge in [0, 0.05) is 24.0 Å². The Labute approximate surface area is 116 Å². The van der Waals surface area contributed by atoms with Crippen LogP contribution in [0.5, 0.6) is 0 Å². The van der Waals surface area contributed by atoms with Crippen LogP contribution in [0.15, 0.2) is 24.3 Å². The van der Waals surface area contributed by atoms with Gasteiger partial charge in [0.25, 0.3) is 0 Å². The van der Waals surface area contributed by atoms with Gasteiger partial charge in [-0.1, -0.05) is 13.8 Å². The second kappa shape index (κ2) is 7.14. The van der Waals surface area contributed by atoms with Crippen LogP contribution >= 0.6 is 0 Å². The largest absolute Gasteiger partial charge is 0.399 e. The average Bonchev–Trinajstić information content (AvgIpc) is 2.30. The minimum atomic E-state index is 0.0131. The van der Waals surface area contributed by atoms with E-state index in [9.17, 15) is 4.79 Å². The molecule has 0 radical (unpaired) electrons. The van der Waals surface area contributed by atoms with E-state index in [4.69, 9.17) is 5.73 Å². The summed E-state index contributed by atoms with van der Waals surface area (Å²) in [6.45, 7) is 9.88. The summed E-state index contributed by atoms with van der Waals surface area (Å²) in [5.74, 6) is 0.561. The van der Waals surface area contributed by atoms with Gasteiger partial charge in [-0.15, -0.1) is 0 Å². The number of anilines is 2. The predicted molar refractivity (Wildman–Crippen MR) is 81.0 cm³/mol. The molecule has 0 fully saturated rings. The number of nitrogens with zero attached hydrogens (tertiary/aromatic N) is 1. The first-order valence-electron chi connectivity index (χ1n) is 6.78. The number of carbonyl (C=O) groups is 1. The molecule has 0 saturated heterocycles. The van der Waals surface area contributed by atoms with Crippen LogP contribution in [0.4, 0.5) is 11.4 Å². The lowest BCUT2D eigenvalue weighted by atomic mass is 10.2. The quantitative estimate of drug-likeness (QED) is 0.776. The molecule has 1 amide bonds. The Morgan fingerprint density at radius 1 is 1.21 bits per heavy atom. The third-order valence-electron chi connectivity index (χ3n) is 2.87. The number of hydrogen-bond acceptors (Lipinski definition) is 3. The average molecular weight is 263 g/mol. The zero-order chi connectivity index (χ0) is 14.4. The van der Waals surface area contributed by atoms with Crippen molar-refractivity contribution in [2.45, 2.75) is 33.7 Å². The second-order valence-corrected chi connectivity index (χ2v) is 5.59. The molecule has 0 unspecified atom stereocenters. The van der Waals surface area contributed by atoms with E-state index >= 15 is 0 Å². The van der Waals surface area contributed by atoms with Crippen LogP contribution < -0.4 is 11.1 Å². The number of benzene rings is 1. The number of nitrogens with two attached hydrogens (primary N) is 1. The number of carbonyl (C=O) groups excluding carboxylic acids is 1. The summed E-state index contributed by atoms with van der Waals surface area (Å²) in [5.41, 5.74) is 7.09. The van der Waals surface area contributed by atoms with E-state index in [1.807, 2.05) is 12.1 Å². The molecule has 0 spiro atoms. The first kappa shape index (κ1) is 15.5. The van der Waals surface area contributed by atoms with Gasteiger partial charge in [0.15, 0.2) is 0 Å². The Kier molecular flexibility index (Phi) is 5.83. The van der Waals surface area contributed by atoms with E-state index < -0.39 is 0 Å². The van der Waals surface area contributed by atoms with E-state index in [2.05, 4.69) is 37.9 Å². The molecule has 1 aromatic rings. The van der Waals surface area contributed by atoms with Gasteiger partial charge in [-0.05, 0) is 44.0 Å². The molecule has 0 atom stereocenters. The van der Waals surface area contributed by atoms with Crippen molar-refractivity contribution in [1.82, 2.24) is 4.90 Å². The summed E-state index contributed by atoms with van der Waals surface area (Å²) in [4.78, 5) is 14.2. The Hall–Kier alpha value is -1.55. The van der Waals surface area contributed by atoms with Crippen LogP contribution in [0.1, 0.15) is 27.7 Å². The van der Waals surface area contributed by atoms with Gasteiger partial charge in [-0.2, -0.15) is 0 Å². The summed E-state index contributed by atoms with van der Waals surface area (Å²) in [6.07, 6.45) is 0. The molecule has 19 heavy (non-hydrogen) atoms. The van der Waals surface area contributed by atoms with E-state index in [1.54, 1.807) is 12.1 Å². The smallest absolute Gasteiger partial charge is 0.238 e. The van der Waals surface area contributed by atoms with E-state index in [-0.39, 0.29) is 5.91 Å². The van der Waals surface area contributed by atoms with Crippen LogP contribution in [-0.2, 0) is 4.79 Å². The summed E-state index contributed by atoms with van der Waals surface area (Å²) in [6, 6.07) is 7.55. The molecular weight excluding hydrogens is 238 g/mol. The standard InChI is InChI=1S/C15H25N3O/c1-11(2)9-18(12(3)4)10-15(19)17-14-7-5-13(16)6-8-14/h5-8,11-12H,9-10,16H2,1-4H3,(H,17,19). The van der Waals surface area contributed by atoms with Crippen molar-refractivity contribution >= 4 is 17.3 Å². The number of rotatable bonds is 6. The zero-order valence-electron chi connectivity index (χ0n) is 12.3. The van der Waals surface area contributed by atoms with Crippen LogP contribution in [0.2, 0.25) is 0 Å². The fourth-order valence-electron chi connectivity index (χ4n) is 1.88. The first-order chi connectivity index (χ1) is 8.88. The Bertz CT molecular complexity index is 398. The lowest BCUT2D eigenvalue weighted by Gasteiger charge is -2.27. The van der Waals surface area contributed by atoms with E-state index in [1.165, 1.54) is 0 Å². The highest BCUT2D eigenvalue weighted by Gasteiger charge is 2.15. The first-order valence-corrected chi connectivity index (χ1v) is 6.78. The maximum atomic E-state index is 12.0. The van der Waals surface area contributed by atoms with Crippen molar-refractivity contribution in [2.75, 3.05) is 24.1 Å². The normalized spacial score (nSPS) is 11.3. The summed E-state index contributed by atoms with van der Waals surface area (Å²) in [5, 5.41) is 2.89. The predicted octanol–water partition coefficient (Wildman–Crippen LogP) is 2.57. The van der Waals surface area contributed by atoms with Crippen LogP contribution in [-0.4, -0.2) is 29.9 Å². The molecule has 0 aliphatic heterocycles. The SMILES string of the molecule is CC(C)CN(CC(=O)Nc1ccc(N)cc1)C(C)C. The molecule has 1 aromatic carbocycles. The summed E-state index contributed by atoms with van der Waals surface area (Å²) < 4.78 is 0. The molecule has 1 rings (SSSR count). The van der Waals surface area contributed by atoms with Crippen molar-refractivity contribution in [3.8, 4) is 0 Å². The number of hydrogen-bond donors (Lipinski definition) is 2. The highest BCUT2D eigenvalue weighted by molar-refractivity contribution is 5.92. The molecule has 4 nitrogen and oxygen atoms in total. The minimum absolute atomic E-state index is 0.0131. The molecule has 3 N–H and O–H groups in total. The lowest BCUT2D eigenvalue weighted by Crippen LogP contribution is -2.40. The van der Waals surface area contributed by atoms with Crippen molar-refractivity contribution in [1.29, 1.82) is 0 Å². The molecule has 0 aromatic heterocycles. The Balaban J connectivity index is 2.55. The van der Waals surface area contributed by atoms with Gasteiger partial charge in [0.2, 0.25) is 5.91 Å². The third-order valence-corrected chi connectivity index (χ3v) is 2.87. The van der Waals surface area contributed by atoms with Crippen LogP contribution in [0.3, 0.4) is 0 Å². The van der Waals surface area contributed by atoms with Gasteiger partial charge < -0.3 is 11.1 Å². The van der Waals surface area contributed by atoms with Crippen molar-refractivity contribution in [3.63, 3.8) is 0 Å². The monoisotopic (exact) mass is 263 g/mol.